The van der Waals surface area contributed by atoms with Gasteiger partial charge in [-0.15, -0.1) is 0 Å². The molecular formula is C23H24F6N2O3. The minimum atomic E-state index is -4.55. The Morgan fingerprint density at radius 3 is 1.59 bits per heavy atom. The molecule has 0 saturated heterocycles. The maximum Gasteiger partial charge on any atom is 0.416 e. The van der Waals surface area contributed by atoms with Crippen LogP contribution in [0.5, 0.6) is 0 Å². The van der Waals surface area contributed by atoms with Gasteiger partial charge in [0.05, 0.1) is 17.7 Å². The van der Waals surface area contributed by atoms with Gasteiger partial charge in [-0.25, -0.2) is 4.79 Å². The Balaban J connectivity index is 2.24. The Morgan fingerprint density at radius 1 is 0.824 bits per heavy atom. The molecule has 0 spiro atoms. The van der Waals surface area contributed by atoms with Crippen molar-refractivity contribution in [2.75, 3.05) is 20.2 Å². The number of oxime groups is 1. The second-order valence-electron chi connectivity index (χ2n) is 8.33. The van der Waals surface area contributed by atoms with Crippen LogP contribution in [0.1, 0.15) is 43.0 Å². The molecule has 0 bridgehead atoms. The van der Waals surface area contributed by atoms with Crippen molar-refractivity contribution >= 4 is 11.8 Å². The number of carbonyl (C=O) groups excluding carboxylic acids is 1. The highest BCUT2D eigenvalue weighted by Crippen LogP contribution is 2.31. The lowest BCUT2D eigenvalue weighted by atomic mass is 10.00. The molecule has 2 rings (SSSR count). The summed E-state index contributed by atoms with van der Waals surface area (Å²) >= 11 is 0. The normalized spacial score (nSPS) is 12.2. The minimum Gasteiger partial charge on any atom is -0.444 e. The molecule has 0 N–H and O–H groups in total. The molecule has 0 aliphatic rings. The molecule has 0 heterocycles. The smallest absolute Gasteiger partial charge is 0.416 e. The van der Waals surface area contributed by atoms with Gasteiger partial charge in [-0.05, 0) is 45.0 Å². The molecular weight excluding hydrogens is 466 g/mol. The van der Waals surface area contributed by atoms with Crippen LogP contribution in [0.4, 0.5) is 31.1 Å². The number of rotatable bonds is 6. The number of ether oxygens (including phenoxy) is 1. The maximum atomic E-state index is 12.9. The predicted octanol–water partition coefficient (Wildman–Crippen LogP) is 6.36. The fourth-order valence-corrected chi connectivity index (χ4v) is 2.63. The molecule has 0 aliphatic carbocycles. The Labute approximate surface area is 192 Å². The maximum absolute atomic E-state index is 12.9. The summed E-state index contributed by atoms with van der Waals surface area (Å²) in [6.07, 6.45) is -9.69. The summed E-state index contributed by atoms with van der Waals surface area (Å²) in [6.45, 7) is 5.10. The van der Waals surface area contributed by atoms with Crippen LogP contribution in [0.2, 0.25) is 0 Å². The van der Waals surface area contributed by atoms with Crippen molar-refractivity contribution in [3.05, 3.63) is 70.8 Å². The first-order valence-electron chi connectivity index (χ1n) is 10.1. The Bertz CT molecular complexity index is 932. The third-order valence-electron chi connectivity index (χ3n) is 4.35. The fraction of sp³-hybridized carbons (Fsp3) is 0.391. The van der Waals surface area contributed by atoms with Crippen molar-refractivity contribution in [3.63, 3.8) is 0 Å². The molecule has 5 nitrogen and oxygen atoms in total. The van der Waals surface area contributed by atoms with E-state index in [1.54, 1.807) is 20.8 Å². The molecule has 2 aromatic rings. The first-order valence-corrected chi connectivity index (χ1v) is 10.1. The molecule has 34 heavy (non-hydrogen) atoms. The van der Waals surface area contributed by atoms with Crippen molar-refractivity contribution < 1.29 is 40.7 Å². The van der Waals surface area contributed by atoms with E-state index in [-0.39, 0.29) is 30.0 Å². The summed E-state index contributed by atoms with van der Waals surface area (Å²) in [4.78, 5) is 18.5. The van der Waals surface area contributed by atoms with Crippen molar-refractivity contribution in [1.82, 2.24) is 4.90 Å². The number of nitrogens with zero attached hydrogens (tertiary/aromatic N) is 2. The molecule has 0 aliphatic heterocycles. The van der Waals surface area contributed by atoms with Crippen molar-refractivity contribution in [2.45, 2.75) is 38.7 Å². The first-order chi connectivity index (χ1) is 15.6. The summed E-state index contributed by atoms with van der Waals surface area (Å²) < 4.78 is 82.5. The number of benzene rings is 2. The number of halogens is 6. The highest BCUT2D eigenvalue weighted by atomic mass is 19.4. The number of alkyl halides is 6. The van der Waals surface area contributed by atoms with Crippen LogP contribution in [-0.4, -0.2) is 42.5 Å². The van der Waals surface area contributed by atoms with Gasteiger partial charge in [-0.2, -0.15) is 26.3 Å². The lowest BCUT2D eigenvalue weighted by molar-refractivity contribution is -0.138. The van der Waals surface area contributed by atoms with Gasteiger partial charge in [0.15, 0.2) is 0 Å². The first kappa shape index (κ1) is 27.0. The molecule has 186 valence electrons. The van der Waals surface area contributed by atoms with E-state index >= 15 is 0 Å². The number of carbonyl (C=O) groups is 1. The highest BCUT2D eigenvalue weighted by molar-refractivity contribution is 6.12. The largest absolute Gasteiger partial charge is 0.444 e. The van der Waals surface area contributed by atoms with Crippen LogP contribution in [0.15, 0.2) is 53.7 Å². The van der Waals surface area contributed by atoms with Gasteiger partial charge in [0.1, 0.15) is 17.9 Å². The molecule has 1 amide bonds. The van der Waals surface area contributed by atoms with Crippen molar-refractivity contribution in [3.8, 4) is 0 Å². The quantitative estimate of drug-likeness (QED) is 0.205. The summed E-state index contributed by atoms with van der Waals surface area (Å²) in [7, 11) is 1.48. The van der Waals surface area contributed by atoms with E-state index in [1.165, 1.54) is 11.9 Å². The van der Waals surface area contributed by atoms with Gasteiger partial charge < -0.3 is 14.5 Å². The molecule has 0 radical (unpaired) electrons. The third-order valence-corrected chi connectivity index (χ3v) is 4.35. The van der Waals surface area contributed by atoms with E-state index in [2.05, 4.69) is 5.16 Å². The molecule has 0 atom stereocenters. The van der Waals surface area contributed by atoms with Crippen LogP contribution >= 0.6 is 0 Å². The zero-order valence-electron chi connectivity index (χ0n) is 18.9. The van der Waals surface area contributed by atoms with Crippen molar-refractivity contribution in [1.29, 1.82) is 0 Å². The zero-order valence-corrected chi connectivity index (χ0v) is 18.9. The Hall–Kier alpha value is -3.24. The van der Waals surface area contributed by atoms with E-state index in [1.807, 2.05) is 0 Å². The summed E-state index contributed by atoms with van der Waals surface area (Å²) in [5.74, 6) is 0. The monoisotopic (exact) mass is 490 g/mol. The number of amides is 1. The number of likely N-dealkylation sites (N-methyl/N-ethyl adjacent to an activating group) is 1. The third kappa shape index (κ3) is 7.96. The second-order valence-corrected chi connectivity index (χ2v) is 8.33. The molecule has 11 heteroatoms. The molecule has 0 fully saturated rings. The topological polar surface area (TPSA) is 51.1 Å². The van der Waals surface area contributed by atoms with Gasteiger partial charge >= 0.3 is 18.4 Å². The van der Waals surface area contributed by atoms with E-state index in [0.29, 0.717) is 0 Å². The number of hydrogen-bond acceptors (Lipinski definition) is 4. The lowest BCUT2D eigenvalue weighted by Crippen LogP contribution is -2.35. The molecule has 2 aromatic carbocycles. The van der Waals surface area contributed by atoms with Gasteiger partial charge in [0.2, 0.25) is 0 Å². The van der Waals surface area contributed by atoms with Crippen LogP contribution in [-0.2, 0) is 21.9 Å². The van der Waals surface area contributed by atoms with E-state index in [9.17, 15) is 31.1 Å². The summed E-state index contributed by atoms with van der Waals surface area (Å²) in [5.41, 5.74) is -2.03. The van der Waals surface area contributed by atoms with Gasteiger partial charge in [-0.1, -0.05) is 29.4 Å². The Morgan fingerprint density at radius 2 is 1.24 bits per heavy atom. The van der Waals surface area contributed by atoms with Crippen LogP contribution in [0.3, 0.4) is 0 Å². The zero-order chi connectivity index (χ0) is 25.7. The van der Waals surface area contributed by atoms with E-state index < -0.39 is 35.2 Å². The lowest BCUT2D eigenvalue weighted by Gasteiger charge is -2.24. The molecule has 0 unspecified atom stereocenters. The van der Waals surface area contributed by atoms with E-state index in [4.69, 9.17) is 9.57 Å². The van der Waals surface area contributed by atoms with Gasteiger partial charge in [0, 0.05) is 18.2 Å². The Kier molecular flexibility index (Phi) is 8.22. The predicted molar refractivity (Wildman–Crippen MR) is 113 cm³/mol. The SMILES string of the molecule is CN(CCON=C(c1ccc(C(F)(F)F)cc1)c1ccc(C(F)(F)F)cc1)C(=O)OC(C)(C)C. The second kappa shape index (κ2) is 10.4. The summed E-state index contributed by atoms with van der Waals surface area (Å²) in [6, 6.07) is 7.95. The fourth-order valence-electron chi connectivity index (χ4n) is 2.63. The van der Waals surface area contributed by atoms with Crippen LogP contribution in [0, 0.1) is 0 Å². The molecule has 0 aromatic heterocycles. The van der Waals surface area contributed by atoms with Gasteiger partial charge in [-0.3, -0.25) is 0 Å². The van der Waals surface area contributed by atoms with Crippen molar-refractivity contribution in [2.24, 2.45) is 5.16 Å². The minimum absolute atomic E-state index is 0.0300. The standard InChI is InChI=1S/C23H24F6N2O3/c1-21(2,3)34-20(32)31(4)13-14-33-30-19(15-5-9-17(10-6-15)22(24,25)26)16-7-11-18(12-8-16)23(27,28)29/h5-12H,13-14H2,1-4H3. The van der Waals surface area contributed by atoms with Crippen LogP contribution < -0.4 is 0 Å². The average molecular weight is 490 g/mol. The number of hydrogen-bond donors (Lipinski definition) is 0. The van der Waals surface area contributed by atoms with E-state index in [0.717, 1.165) is 48.5 Å². The summed E-state index contributed by atoms with van der Waals surface area (Å²) in [5, 5.41) is 3.93. The van der Waals surface area contributed by atoms with Crippen LogP contribution in [0.25, 0.3) is 0 Å². The van der Waals surface area contributed by atoms with Gasteiger partial charge in [0.25, 0.3) is 0 Å². The molecule has 0 saturated carbocycles. The highest BCUT2D eigenvalue weighted by Gasteiger charge is 2.31. The average Bonchev–Trinajstić information content (AvgIpc) is 2.71.